The Hall–Kier alpha value is -3.85. The summed E-state index contributed by atoms with van der Waals surface area (Å²) in [6.45, 7) is 5.62. The second-order valence-corrected chi connectivity index (χ2v) is 8.20. The van der Waals surface area contributed by atoms with Crippen molar-refractivity contribution < 1.29 is 33.2 Å². The van der Waals surface area contributed by atoms with Crippen LogP contribution in [0.1, 0.15) is 17.3 Å². The third-order valence-electron chi connectivity index (χ3n) is 5.60. The van der Waals surface area contributed by atoms with Gasteiger partial charge in [-0.3, -0.25) is 19.5 Å². The maximum atomic E-state index is 13.4. The van der Waals surface area contributed by atoms with Crippen molar-refractivity contribution in [3.05, 3.63) is 40.4 Å². The van der Waals surface area contributed by atoms with Crippen LogP contribution in [0.4, 0.5) is 11.9 Å². The van der Waals surface area contributed by atoms with Gasteiger partial charge in [0.15, 0.2) is 11.5 Å². The molecule has 3 N–H and O–H groups in total. The first-order valence-corrected chi connectivity index (χ1v) is 12.6. The van der Waals surface area contributed by atoms with Crippen LogP contribution in [0.2, 0.25) is 0 Å². The number of fused-ring (bicyclic) bond motifs is 3. The minimum absolute atomic E-state index is 0.0324. The summed E-state index contributed by atoms with van der Waals surface area (Å²) in [6.07, 6.45) is 2.57. The molecule has 14 heteroatoms. The minimum Gasteiger partial charge on any atom is -0.487 e. The Morgan fingerprint density at radius 3 is 2.05 bits per heavy atom. The first kappa shape index (κ1) is 28.2. The quantitative estimate of drug-likeness (QED) is 0.478. The molecule has 3 heterocycles. The summed E-state index contributed by atoms with van der Waals surface area (Å²) in [7, 11) is 0. The molecule has 1 aliphatic rings. The second-order valence-electron chi connectivity index (χ2n) is 8.20. The van der Waals surface area contributed by atoms with Crippen molar-refractivity contribution in [2.45, 2.75) is 13.5 Å². The van der Waals surface area contributed by atoms with E-state index in [1.54, 1.807) is 19.1 Å². The number of benzene rings is 1. The topological polar surface area (TPSA) is 171 Å². The molecule has 0 bridgehead atoms. The van der Waals surface area contributed by atoms with Crippen molar-refractivity contribution in [3.8, 4) is 11.5 Å². The second kappa shape index (κ2) is 14.3. The van der Waals surface area contributed by atoms with Crippen LogP contribution < -0.4 is 26.1 Å². The Bertz CT molecular complexity index is 1300. The predicted molar refractivity (Wildman–Crippen MR) is 140 cm³/mol. The molecule has 1 aromatic carbocycles. The molecular formula is C25H32N6O8. The molecule has 39 heavy (non-hydrogen) atoms. The summed E-state index contributed by atoms with van der Waals surface area (Å²) in [6, 6.07) is 3.27. The van der Waals surface area contributed by atoms with Crippen LogP contribution in [0.25, 0.3) is 10.9 Å². The molecule has 2 aromatic heterocycles. The van der Waals surface area contributed by atoms with Gasteiger partial charge >= 0.3 is 0 Å². The Balaban J connectivity index is 1.64. The summed E-state index contributed by atoms with van der Waals surface area (Å²) in [5.74, 6) is 0.141. The SMILES string of the molecule is CCn1c(NC(=O)c2cnc(N)nc2)nc2c3c(ccc2c1=O)OCCOCCOCCOCCOCCO3. The van der Waals surface area contributed by atoms with Crippen molar-refractivity contribution in [1.82, 2.24) is 19.5 Å². The maximum absolute atomic E-state index is 13.4. The Morgan fingerprint density at radius 1 is 0.897 bits per heavy atom. The van der Waals surface area contributed by atoms with E-state index in [-0.39, 0.29) is 60.7 Å². The molecule has 0 radical (unpaired) electrons. The predicted octanol–water partition coefficient (Wildman–Crippen LogP) is 0.879. The highest BCUT2D eigenvalue weighted by Gasteiger charge is 2.20. The summed E-state index contributed by atoms with van der Waals surface area (Å²) in [5.41, 5.74) is 5.55. The van der Waals surface area contributed by atoms with E-state index in [0.29, 0.717) is 57.4 Å². The summed E-state index contributed by atoms with van der Waals surface area (Å²) in [4.78, 5) is 38.5. The molecule has 0 unspecified atom stereocenters. The first-order chi connectivity index (χ1) is 19.1. The molecular weight excluding hydrogens is 512 g/mol. The Kier molecular flexibility index (Phi) is 10.4. The molecule has 1 aliphatic heterocycles. The molecule has 4 rings (SSSR count). The van der Waals surface area contributed by atoms with Crippen LogP contribution in [-0.4, -0.2) is 91.5 Å². The number of nitrogens with two attached hydrogens (primary N) is 1. The summed E-state index contributed by atoms with van der Waals surface area (Å²) >= 11 is 0. The van der Waals surface area contributed by atoms with Crippen LogP contribution in [-0.2, 0) is 25.5 Å². The zero-order valence-electron chi connectivity index (χ0n) is 21.7. The molecule has 1 amide bonds. The first-order valence-electron chi connectivity index (χ1n) is 12.6. The number of nitrogen functional groups attached to an aromatic ring is 1. The number of nitrogens with zero attached hydrogens (tertiary/aromatic N) is 4. The molecule has 3 aromatic rings. The van der Waals surface area contributed by atoms with Gasteiger partial charge in [0, 0.05) is 18.9 Å². The lowest BCUT2D eigenvalue weighted by molar-refractivity contribution is -0.00835. The molecule has 0 atom stereocenters. The third-order valence-corrected chi connectivity index (χ3v) is 5.60. The third kappa shape index (κ3) is 7.60. The monoisotopic (exact) mass is 544 g/mol. The van der Waals surface area contributed by atoms with Gasteiger partial charge in [0.25, 0.3) is 11.5 Å². The molecule has 0 saturated carbocycles. The van der Waals surface area contributed by atoms with Gasteiger partial charge in [0.1, 0.15) is 18.7 Å². The largest absolute Gasteiger partial charge is 0.487 e. The highest BCUT2D eigenvalue weighted by atomic mass is 16.6. The maximum Gasteiger partial charge on any atom is 0.262 e. The van der Waals surface area contributed by atoms with E-state index in [2.05, 4.69) is 20.3 Å². The standard InChI is InChI=1S/C25H32N6O8/c1-2-31-23(33)18-3-4-19-21(20(18)29-25(31)30-22(32)17-15-27-24(26)28-16-17)39-14-12-37-10-8-35-6-5-34-7-9-36-11-13-38-19/h3-4,15-16H,2,5-14H2,1H3,(H2,26,27,28)(H,29,30,32). The van der Waals surface area contributed by atoms with Crippen molar-refractivity contribution >= 4 is 28.7 Å². The van der Waals surface area contributed by atoms with Gasteiger partial charge in [0.05, 0.1) is 63.8 Å². The van der Waals surface area contributed by atoms with E-state index < -0.39 is 5.91 Å². The lowest BCUT2D eigenvalue weighted by atomic mass is 10.2. The average molecular weight is 545 g/mol. The van der Waals surface area contributed by atoms with E-state index in [1.807, 2.05) is 0 Å². The van der Waals surface area contributed by atoms with E-state index in [1.165, 1.54) is 17.0 Å². The number of amides is 1. The van der Waals surface area contributed by atoms with Crippen molar-refractivity contribution in [3.63, 3.8) is 0 Å². The lowest BCUT2D eigenvalue weighted by Gasteiger charge is -2.17. The number of nitrogens with one attached hydrogen (secondary N) is 1. The van der Waals surface area contributed by atoms with Gasteiger partial charge < -0.3 is 34.2 Å². The zero-order chi connectivity index (χ0) is 27.5. The number of hydrogen-bond donors (Lipinski definition) is 2. The van der Waals surface area contributed by atoms with Crippen LogP contribution in [0.5, 0.6) is 11.5 Å². The van der Waals surface area contributed by atoms with E-state index in [9.17, 15) is 9.59 Å². The van der Waals surface area contributed by atoms with Crippen LogP contribution in [0.15, 0.2) is 29.3 Å². The van der Waals surface area contributed by atoms with Gasteiger partial charge in [-0.2, -0.15) is 0 Å². The average Bonchev–Trinajstić information content (AvgIpc) is 2.93. The van der Waals surface area contributed by atoms with Crippen LogP contribution >= 0.6 is 0 Å². The van der Waals surface area contributed by atoms with Crippen LogP contribution in [0.3, 0.4) is 0 Å². The highest BCUT2D eigenvalue weighted by Crippen LogP contribution is 2.34. The van der Waals surface area contributed by atoms with Crippen molar-refractivity contribution in [2.24, 2.45) is 0 Å². The Labute approximate surface area is 224 Å². The zero-order valence-corrected chi connectivity index (χ0v) is 21.7. The lowest BCUT2D eigenvalue weighted by Crippen LogP contribution is -2.27. The molecule has 0 fully saturated rings. The van der Waals surface area contributed by atoms with Gasteiger partial charge in [0.2, 0.25) is 11.9 Å². The van der Waals surface area contributed by atoms with Crippen molar-refractivity contribution in [1.29, 1.82) is 0 Å². The van der Waals surface area contributed by atoms with Crippen LogP contribution in [0, 0.1) is 0 Å². The van der Waals surface area contributed by atoms with E-state index in [4.69, 9.17) is 34.2 Å². The molecule has 14 nitrogen and oxygen atoms in total. The van der Waals surface area contributed by atoms with Gasteiger partial charge in [-0.1, -0.05) is 0 Å². The summed E-state index contributed by atoms with van der Waals surface area (Å²) in [5, 5.41) is 2.97. The number of ether oxygens (including phenoxy) is 6. The number of hydrogen-bond acceptors (Lipinski definition) is 12. The fourth-order valence-electron chi connectivity index (χ4n) is 3.69. The normalized spacial score (nSPS) is 16.2. The minimum atomic E-state index is -0.553. The molecule has 0 aliphatic carbocycles. The fourth-order valence-corrected chi connectivity index (χ4v) is 3.69. The summed E-state index contributed by atoms with van der Waals surface area (Å²) < 4.78 is 35.4. The van der Waals surface area contributed by atoms with Crippen molar-refractivity contribution in [2.75, 3.05) is 77.1 Å². The number of anilines is 2. The molecule has 0 saturated heterocycles. The smallest absolute Gasteiger partial charge is 0.262 e. The molecule has 0 spiro atoms. The molecule has 210 valence electrons. The van der Waals surface area contributed by atoms with Gasteiger partial charge in [-0.05, 0) is 19.1 Å². The van der Waals surface area contributed by atoms with Gasteiger partial charge in [-0.25, -0.2) is 15.0 Å². The van der Waals surface area contributed by atoms with E-state index in [0.717, 1.165) is 0 Å². The number of rotatable bonds is 3. The fraction of sp³-hybridized carbons (Fsp3) is 0.480. The number of carbonyl (C=O) groups is 1. The Morgan fingerprint density at radius 2 is 1.46 bits per heavy atom. The van der Waals surface area contributed by atoms with Gasteiger partial charge in [-0.15, -0.1) is 0 Å². The number of aromatic nitrogens is 4. The van der Waals surface area contributed by atoms with E-state index >= 15 is 0 Å². The highest BCUT2D eigenvalue weighted by molar-refractivity contribution is 6.03. The number of carbonyl (C=O) groups excluding carboxylic acids is 1.